The number of hydrogen-bond donors (Lipinski definition) is 2. The summed E-state index contributed by atoms with van der Waals surface area (Å²) in [6.07, 6.45) is 0. The molecule has 0 fully saturated rings. The quantitative estimate of drug-likeness (QED) is 0.423. The molecule has 7 heavy (non-hydrogen) atoms. The Morgan fingerprint density at radius 3 is 2.86 bits per heavy atom. The Balaban J connectivity index is 3.50. The van der Waals surface area contributed by atoms with E-state index in [0.29, 0.717) is 0 Å². The number of nitrogens with one attached hydrogen (secondary N) is 2. The largest absolute Gasteiger partial charge is 0.264 e. The van der Waals surface area contributed by atoms with Gasteiger partial charge in [0.05, 0.1) is 0 Å². The van der Waals surface area contributed by atoms with Crippen LogP contribution in [-0.2, 0) is 11.3 Å². The molecule has 0 saturated carbocycles. The van der Waals surface area contributed by atoms with Crippen molar-refractivity contribution in [2.75, 3.05) is 0 Å². The summed E-state index contributed by atoms with van der Waals surface area (Å²) < 4.78 is 10.0. The van der Waals surface area contributed by atoms with Crippen LogP contribution in [0.1, 0.15) is 0 Å². The van der Waals surface area contributed by atoms with Gasteiger partial charge in [-0.25, -0.2) is 4.21 Å². The maximum absolute atomic E-state index is 9.76. The molecule has 0 amide bonds. The Labute approximate surface area is 41.8 Å². The van der Waals surface area contributed by atoms with Crippen LogP contribution in [0.2, 0.25) is 0 Å². The molecule has 0 unspecified atom stereocenters. The molecule has 0 aliphatic carbocycles. The second-order valence-corrected chi connectivity index (χ2v) is 1.38. The Bertz CT molecular complexity index is 201. The molecule has 0 aliphatic heterocycles. The number of nitrogens with zero attached hydrogens (tertiary/aromatic N) is 2. The van der Waals surface area contributed by atoms with E-state index in [0.717, 1.165) is 0 Å². The fraction of sp³-hybridized carbons (Fsp3) is 0. The zero-order valence-corrected chi connectivity index (χ0v) is 4.03. The highest BCUT2D eigenvalue weighted by atomic mass is 32.1. The fourth-order valence-corrected chi connectivity index (χ4v) is 0.367. The molecule has 0 aromatic carbocycles. The first-order valence-corrected chi connectivity index (χ1v) is 2.26. The minimum absolute atomic E-state index is 0.250. The minimum Gasteiger partial charge on any atom is -0.254 e. The molecule has 0 bridgehead atoms. The van der Waals surface area contributed by atoms with Crippen molar-refractivity contribution in [2.24, 2.45) is 0 Å². The van der Waals surface area contributed by atoms with Crippen LogP contribution in [0.5, 0.6) is 0 Å². The molecule has 5 nitrogen and oxygen atoms in total. The van der Waals surface area contributed by atoms with E-state index in [9.17, 15) is 4.21 Å². The maximum Gasteiger partial charge on any atom is 0.264 e. The summed E-state index contributed by atoms with van der Waals surface area (Å²) in [5, 5.41) is 11.2. The lowest BCUT2D eigenvalue weighted by Crippen LogP contribution is -1.64. The van der Waals surface area contributed by atoms with Crippen molar-refractivity contribution in [2.45, 2.75) is 0 Å². The third-order valence-electron chi connectivity index (χ3n) is 0.433. The van der Waals surface area contributed by atoms with Crippen molar-refractivity contribution in [3.05, 3.63) is 4.77 Å². The van der Waals surface area contributed by atoms with Crippen molar-refractivity contribution in [3.8, 4) is 0 Å². The summed E-state index contributed by atoms with van der Waals surface area (Å²) in [7, 11) is 0. The zero-order valence-electron chi connectivity index (χ0n) is 3.21. The molecule has 1 heterocycles. The van der Waals surface area contributed by atoms with Gasteiger partial charge in [-0.2, -0.15) is 5.21 Å². The molecule has 0 atom stereocenters. The van der Waals surface area contributed by atoms with E-state index < -0.39 is 0 Å². The van der Waals surface area contributed by atoms with Gasteiger partial charge < -0.3 is 0 Å². The molecule has 0 radical (unpaired) electrons. The Morgan fingerprint density at radius 1 is 1.71 bits per heavy atom. The standard InChI is InChI=1S/CH2N4OS/c6-7-1-2-4-5-3-1/h(H,2,5)(H,3,4). The third-order valence-corrected chi connectivity index (χ3v) is 0.774. The van der Waals surface area contributed by atoms with Crippen molar-refractivity contribution in [1.29, 1.82) is 0 Å². The van der Waals surface area contributed by atoms with Crippen molar-refractivity contribution in [3.63, 3.8) is 0 Å². The van der Waals surface area contributed by atoms with Gasteiger partial charge in [0, 0.05) is 0 Å². The highest BCUT2D eigenvalue weighted by Crippen LogP contribution is 1.55. The van der Waals surface area contributed by atoms with Crippen molar-refractivity contribution in [1.82, 2.24) is 20.6 Å². The van der Waals surface area contributed by atoms with Gasteiger partial charge in [0.2, 0.25) is 0 Å². The van der Waals surface area contributed by atoms with Gasteiger partial charge in [-0.05, 0) is 0 Å². The molecule has 1 aromatic heterocycles. The monoisotopic (exact) mass is 118 g/mol. The van der Waals surface area contributed by atoms with E-state index in [1.54, 1.807) is 0 Å². The number of hydrogen-bond acceptors (Lipinski definition) is 3. The molecule has 0 saturated heterocycles. The molecule has 0 aliphatic rings. The van der Waals surface area contributed by atoms with Gasteiger partial charge in [-0.1, -0.05) is 10.3 Å². The lowest BCUT2D eigenvalue weighted by molar-refractivity contribution is 0.698. The van der Waals surface area contributed by atoms with Crippen molar-refractivity contribution >= 4 is 11.3 Å². The lowest BCUT2D eigenvalue weighted by Gasteiger charge is -1.52. The van der Waals surface area contributed by atoms with Gasteiger partial charge in [-0.15, -0.1) is 0 Å². The normalized spacial score (nSPS) is 8.57. The van der Waals surface area contributed by atoms with E-state index in [-0.39, 0.29) is 16.0 Å². The Kier molecular flexibility index (Phi) is 1.03. The van der Waals surface area contributed by atoms with E-state index in [1.807, 2.05) is 0 Å². The van der Waals surface area contributed by atoms with Gasteiger partial charge in [0.25, 0.3) is 4.77 Å². The minimum atomic E-state index is 0.250. The molecule has 38 valence electrons. The van der Waals surface area contributed by atoms with Crippen LogP contribution in [0, 0.1) is 4.77 Å². The summed E-state index contributed by atoms with van der Waals surface area (Å²) in [5.74, 6) is 0. The van der Waals surface area contributed by atoms with Gasteiger partial charge >= 0.3 is 0 Å². The predicted octanol–water partition coefficient (Wildman–Crippen LogP) is -1.12. The number of aromatic amines is 2. The maximum atomic E-state index is 9.76. The van der Waals surface area contributed by atoms with Gasteiger partial charge in [-0.3, -0.25) is 5.10 Å². The first-order chi connectivity index (χ1) is 3.43. The van der Waals surface area contributed by atoms with E-state index in [1.165, 1.54) is 0 Å². The van der Waals surface area contributed by atoms with E-state index in [2.05, 4.69) is 20.6 Å². The average Bonchev–Trinajstić information content (AvgIpc) is 2.14. The van der Waals surface area contributed by atoms with Gasteiger partial charge in [0.15, 0.2) is 0 Å². The predicted molar refractivity (Wildman–Crippen MR) is 22.1 cm³/mol. The summed E-state index contributed by atoms with van der Waals surface area (Å²) in [4.78, 5) is 0. The molecular formula is CH2N4OS. The SMILES string of the molecule is O=S=c1nn[nH][nH]1. The fourth-order valence-electron chi connectivity index (χ4n) is 0.206. The number of aromatic nitrogens is 4. The molecule has 2 N–H and O–H groups in total. The average molecular weight is 118 g/mol. The van der Waals surface area contributed by atoms with Crippen LogP contribution < -0.4 is 0 Å². The molecule has 6 heteroatoms. The molecular weight excluding hydrogens is 116 g/mol. The molecule has 0 spiro atoms. The summed E-state index contributed by atoms with van der Waals surface area (Å²) in [5.41, 5.74) is 0. The Morgan fingerprint density at radius 2 is 2.57 bits per heavy atom. The van der Waals surface area contributed by atoms with Crippen molar-refractivity contribution < 1.29 is 4.21 Å². The molecule has 1 aromatic rings. The Hall–Kier alpha value is -0.910. The van der Waals surface area contributed by atoms with Crippen LogP contribution in [0.25, 0.3) is 0 Å². The first-order valence-electron chi connectivity index (χ1n) is 1.52. The second-order valence-electron chi connectivity index (χ2n) is 0.825. The van der Waals surface area contributed by atoms with Crippen LogP contribution in [0.4, 0.5) is 0 Å². The topological polar surface area (TPSA) is 74.4 Å². The highest BCUT2D eigenvalue weighted by Gasteiger charge is 1.72. The van der Waals surface area contributed by atoms with E-state index >= 15 is 0 Å². The number of tetrazole rings is 1. The third kappa shape index (κ3) is 0.743. The van der Waals surface area contributed by atoms with Crippen LogP contribution in [0.3, 0.4) is 0 Å². The smallest absolute Gasteiger partial charge is 0.254 e. The van der Waals surface area contributed by atoms with Crippen LogP contribution >= 0.6 is 0 Å². The van der Waals surface area contributed by atoms with E-state index in [4.69, 9.17) is 0 Å². The first kappa shape index (κ1) is 4.25. The summed E-state index contributed by atoms with van der Waals surface area (Å²) in [6, 6.07) is 0. The van der Waals surface area contributed by atoms with Gasteiger partial charge in [0.1, 0.15) is 11.3 Å². The molecule has 1 rings (SSSR count). The summed E-state index contributed by atoms with van der Waals surface area (Å²) in [6.45, 7) is 0. The van der Waals surface area contributed by atoms with Crippen LogP contribution in [-0.4, -0.2) is 24.8 Å². The van der Waals surface area contributed by atoms with Crippen LogP contribution in [0.15, 0.2) is 0 Å². The second kappa shape index (κ2) is 1.69. The summed E-state index contributed by atoms with van der Waals surface area (Å²) >= 11 is 0.265. The number of rotatable bonds is 0. The highest BCUT2D eigenvalue weighted by molar-refractivity contribution is 7.56. The zero-order chi connectivity index (χ0) is 5.11. The number of H-pyrrole nitrogens is 2. The lowest BCUT2D eigenvalue weighted by atomic mass is 11.4.